The van der Waals surface area contributed by atoms with Crippen LogP contribution in [0, 0.1) is 0 Å². The molecule has 0 aromatic rings. The molecular formula is C11H24N2O. The summed E-state index contributed by atoms with van der Waals surface area (Å²) in [6.07, 6.45) is 2.32. The summed E-state index contributed by atoms with van der Waals surface area (Å²) in [5, 5.41) is 0. The number of hydrogen-bond donors (Lipinski definition) is 1. The van der Waals surface area contributed by atoms with E-state index in [1.807, 2.05) is 0 Å². The van der Waals surface area contributed by atoms with Crippen molar-refractivity contribution < 1.29 is 4.74 Å². The molecular weight excluding hydrogens is 176 g/mol. The minimum absolute atomic E-state index is 0.0343. The second kappa shape index (κ2) is 5.10. The van der Waals surface area contributed by atoms with Gasteiger partial charge in [-0.2, -0.15) is 0 Å². The Bertz CT molecular complexity index is 169. The van der Waals surface area contributed by atoms with Crippen LogP contribution in [0.2, 0.25) is 0 Å². The zero-order valence-electron chi connectivity index (χ0n) is 9.75. The Kier molecular flexibility index (Phi) is 4.35. The van der Waals surface area contributed by atoms with Gasteiger partial charge >= 0.3 is 0 Å². The average molecular weight is 200 g/mol. The summed E-state index contributed by atoms with van der Waals surface area (Å²) in [5.41, 5.74) is 5.75. The predicted octanol–water partition coefficient (Wildman–Crippen LogP) is 1.22. The van der Waals surface area contributed by atoms with E-state index in [4.69, 9.17) is 10.5 Å². The van der Waals surface area contributed by atoms with Gasteiger partial charge in [0.15, 0.2) is 0 Å². The molecule has 0 amide bonds. The molecule has 3 nitrogen and oxygen atoms in total. The van der Waals surface area contributed by atoms with E-state index in [2.05, 4.69) is 25.7 Å². The molecule has 0 aromatic carbocycles. The fourth-order valence-corrected chi connectivity index (χ4v) is 1.94. The molecule has 1 rings (SSSR count). The molecule has 1 aliphatic rings. The van der Waals surface area contributed by atoms with Gasteiger partial charge in [0.05, 0.1) is 12.2 Å². The number of hydrogen-bond acceptors (Lipinski definition) is 3. The molecule has 0 spiro atoms. The first-order chi connectivity index (χ1) is 6.49. The van der Waals surface area contributed by atoms with Crippen LogP contribution in [0.3, 0.4) is 0 Å². The molecule has 1 fully saturated rings. The summed E-state index contributed by atoms with van der Waals surface area (Å²) in [6.45, 7) is 10.5. The van der Waals surface area contributed by atoms with Crippen LogP contribution in [-0.2, 0) is 4.74 Å². The van der Waals surface area contributed by atoms with Crippen molar-refractivity contribution in [2.24, 2.45) is 5.73 Å². The van der Waals surface area contributed by atoms with E-state index >= 15 is 0 Å². The topological polar surface area (TPSA) is 38.5 Å². The predicted molar refractivity (Wildman–Crippen MR) is 59.4 cm³/mol. The first-order valence-corrected chi connectivity index (χ1v) is 5.61. The van der Waals surface area contributed by atoms with E-state index in [9.17, 15) is 0 Å². The lowest BCUT2D eigenvalue weighted by Crippen LogP contribution is -2.48. The van der Waals surface area contributed by atoms with E-state index in [0.29, 0.717) is 6.04 Å². The molecule has 0 aromatic heterocycles. The summed E-state index contributed by atoms with van der Waals surface area (Å²) in [4.78, 5) is 2.48. The van der Waals surface area contributed by atoms with Crippen molar-refractivity contribution >= 4 is 0 Å². The fraction of sp³-hybridized carbons (Fsp3) is 1.00. The van der Waals surface area contributed by atoms with Gasteiger partial charge in [-0.3, -0.25) is 4.90 Å². The third-order valence-corrected chi connectivity index (χ3v) is 2.64. The quantitative estimate of drug-likeness (QED) is 0.741. The van der Waals surface area contributed by atoms with E-state index in [1.165, 1.54) is 6.42 Å². The Labute approximate surface area is 87.6 Å². The van der Waals surface area contributed by atoms with E-state index in [-0.39, 0.29) is 5.60 Å². The van der Waals surface area contributed by atoms with Gasteiger partial charge in [0.25, 0.3) is 0 Å². The van der Waals surface area contributed by atoms with Crippen molar-refractivity contribution in [2.75, 3.05) is 26.2 Å². The second-order valence-corrected chi connectivity index (χ2v) is 5.00. The molecule has 1 saturated heterocycles. The van der Waals surface area contributed by atoms with Crippen LogP contribution in [0.4, 0.5) is 0 Å². The number of rotatable bonds is 4. The lowest BCUT2D eigenvalue weighted by molar-refractivity contribution is -0.0861. The van der Waals surface area contributed by atoms with Crippen LogP contribution in [0.1, 0.15) is 33.6 Å². The minimum Gasteiger partial charge on any atom is -0.373 e. The Morgan fingerprint density at radius 3 is 2.79 bits per heavy atom. The highest BCUT2D eigenvalue weighted by molar-refractivity contribution is 4.79. The van der Waals surface area contributed by atoms with Crippen molar-refractivity contribution in [1.29, 1.82) is 0 Å². The lowest BCUT2D eigenvalue weighted by atomic mass is 10.1. The number of nitrogens with zero attached hydrogens (tertiary/aromatic N) is 1. The van der Waals surface area contributed by atoms with E-state index in [0.717, 1.165) is 32.7 Å². The zero-order valence-corrected chi connectivity index (χ0v) is 9.75. The molecule has 1 aliphatic heterocycles. The first-order valence-electron chi connectivity index (χ1n) is 5.61. The van der Waals surface area contributed by atoms with Gasteiger partial charge < -0.3 is 10.5 Å². The zero-order chi connectivity index (χ0) is 10.6. The maximum absolute atomic E-state index is 5.72. The highest BCUT2D eigenvalue weighted by Gasteiger charge is 2.26. The smallest absolute Gasteiger partial charge is 0.0753 e. The summed E-state index contributed by atoms with van der Waals surface area (Å²) < 4.78 is 5.66. The van der Waals surface area contributed by atoms with Crippen molar-refractivity contribution in [3.63, 3.8) is 0 Å². The maximum Gasteiger partial charge on any atom is 0.0753 e. The first kappa shape index (κ1) is 12.0. The maximum atomic E-state index is 5.72. The molecule has 0 radical (unpaired) electrons. The highest BCUT2D eigenvalue weighted by Crippen LogP contribution is 2.16. The minimum atomic E-state index is 0.0343. The average Bonchev–Trinajstić information content (AvgIpc) is 2.01. The van der Waals surface area contributed by atoms with Crippen LogP contribution < -0.4 is 5.73 Å². The van der Waals surface area contributed by atoms with Crippen molar-refractivity contribution in [3.8, 4) is 0 Å². The van der Waals surface area contributed by atoms with Gasteiger partial charge in [-0.15, -0.1) is 0 Å². The Morgan fingerprint density at radius 1 is 1.50 bits per heavy atom. The number of morpholine rings is 1. The van der Waals surface area contributed by atoms with Crippen molar-refractivity contribution in [2.45, 2.75) is 45.3 Å². The molecule has 3 heteroatoms. The van der Waals surface area contributed by atoms with Gasteiger partial charge in [-0.1, -0.05) is 0 Å². The third kappa shape index (κ3) is 4.40. The number of ether oxygens (including phenoxy) is 1. The molecule has 84 valence electrons. The van der Waals surface area contributed by atoms with Gasteiger partial charge in [-0.05, 0) is 40.2 Å². The Balaban J connectivity index is 2.18. The summed E-state index contributed by atoms with van der Waals surface area (Å²) in [6, 6.07) is 0.337. The Morgan fingerprint density at radius 2 is 2.21 bits per heavy atom. The third-order valence-electron chi connectivity index (χ3n) is 2.64. The van der Waals surface area contributed by atoms with Crippen LogP contribution in [0.15, 0.2) is 0 Å². The summed E-state index contributed by atoms with van der Waals surface area (Å²) >= 11 is 0. The van der Waals surface area contributed by atoms with Gasteiger partial charge in [-0.25, -0.2) is 0 Å². The monoisotopic (exact) mass is 200 g/mol. The largest absolute Gasteiger partial charge is 0.373 e. The van der Waals surface area contributed by atoms with Crippen molar-refractivity contribution in [1.82, 2.24) is 4.90 Å². The van der Waals surface area contributed by atoms with Crippen molar-refractivity contribution in [3.05, 3.63) is 0 Å². The van der Waals surface area contributed by atoms with Crippen LogP contribution >= 0.6 is 0 Å². The SMILES string of the molecule is CC(N)CCCN1CCOC(C)(C)C1. The highest BCUT2D eigenvalue weighted by atomic mass is 16.5. The summed E-state index contributed by atoms with van der Waals surface area (Å²) in [7, 11) is 0. The normalized spacial score (nSPS) is 24.9. The molecule has 14 heavy (non-hydrogen) atoms. The van der Waals surface area contributed by atoms with E-state index in [1.54, 1.807) is 0 Å². The molecule has 2 N–H and O–H groups in total. The Hall–Kier alpha value is -0.120. The standard InChI is InChI=1S/C11H24N2O/c1-10(12)5-4-6-13-7-8-14-11(2,3)9-13/h10H,4-9,12H2,1-3H3. The molecule has 1 heterocycles. The molecule has 1 unspecified atom stereocenters. The van der Waals surface area contributed by atoms with Gasteiger partial charge in [0.1, 0.15) is 0 Å². The molecule has 0 aliphatic carbocycles. The van der Waals surface area contributed by atoms with Gasteiger partial charge in [0, 0.05) is 19.1 Å². The number of nitrogens with two attached hydrogens (primary N) is 1. The van der Waals surface area contributed by atoms with E-state index < -0.39 is 0 Å². The lowest BCUT2D eigenvalue weighted by Gasteiger charge is -2.38. The fourth-order valence-electron chi connectivity index (χ4n) is 1.94. The van der Waals surface area contributed by atoms with Crippen LogP contribution in [-0.4, -0.2) is 42.8 Å². The van der Waals surface area contributed by atoms with Crippen LogP contribution in [0.25, 0.3) is 0 Å². The molecule has 1 atom stereocenters. The molecule has 0 bridgehead atoms. The summed E-state index contributed by atoms with van der Waals surface area (Å²) in [5.74, 6) is 0. The van der Waals surface area contributed by atoms with Gasteiger partial charge in [0.2, 0.25) is 0 Å². The molecule has 0 saturated carbocycles. The second-order valence-electron chi connectivity index (χ2n) is 5.00. The van der Waals surface area contributed by atoms with Crippen LogP contribution in [0.5, 0.6) is 0 Å².